The molecule has 0 N–H and O–H groups in total. The van der Waals surface area contributed by atoms with Gasteiger partial charge in [-0.3, -0.25) is 9.69 Å². The number of nitrogens with zero attached hydrogens (tertiary/aromatic N) is 1. The number of hydrogen-bond donors (Lipinski definition) is 0. The molecule has 0 aromatic heterocycles. The Hall–Kier alpha value is -1.39. The van der Waals surface area contributed by atoms with Crippen LogP contribution in [0.25, 0.3) is 0 Å². The van der Waals surface area contributed by atoms with Gasteiger partial charge < -0.3 is 9.47 Å². The van der Waals surface area contributed by atoms with Crippen molar-refractivity contribution < 1.29 is 14.3 Å². The number of benzene rings is 1. The topological polar surface area (TPSA) is 38.8 Å². The Morgan fingerprint density at radius 2 is 2.09 bits per heavy atom. The maximum Gasteiger partial charge on any atom is 0.163 e. The molecule has 2 rings (SSSR count). The molecule has 0 atom stereocenters. The summed E-state index contributed by atoms with van der Waals surface area (Å²) in [6.45, 7) is 7.53. The molecular weight excluding hydrogens is 278 g/mol. The Balaban J connectivity index is 1.72. The third kappa shape index (κ3) is 5.78. The van der Waals surface area contributed by atoms with E-state index in [9.17, 15) is 4.79 Å². The number of ether oxygens (including phenoxy) is 2. The molecule has 1 saturated heterocycles. The zero-order valence-electron chi connectivity index (χ0n) is 13.6. The molecule has 4 heteroatoms. The first-order valence-electron chi connectivity index (χ1n) is 8.35. The Morgan fingerprint density at radius 1 is 1.27 bits per heavy atom. The van der Waals surface area contributed by atoms with Crippen LogP contribution in [0, 0.1) is 0 Å². The fourth-order valence-corrected chi connectivity index (χ4v) is 2.54. The molecule has 0 aliphatic carbocycles. The highest BCUT2D eigenvalue weighted by Crippen LogP contribution is 2.16. The van der Waals surface area contributed by atoms with E-state index < -0.39 is 0 Å². The summed E-state index contributed by atoms with van der Waals surface area (Å²) in [5.74, 6) is 1.00. The minimum atomic E-state index is 0.209. The van der Waals surface area contributed by atoms with Gasteiger partial charge in [-0.15, -0.1) is 0 Å². The fraction of sp³-hybridized carbons (Fsp3) is 0.611. The third-order valence-corrected chi connectivity index (χ3v) is 3.90. The second-order valence-electron chi connectivity index (χ2n) is 5.71. The molecule has 4 nitrogen and oxygen atoms in total. The van der Waals surface area contributed by atoms with Gasteiger partial charge in [-0.2, -0.15) is 0 Å². The van der Waals surface area contributed by atoms with E-state index in [4.69, 9.17) is 9.47 Å². The van der Waals surface area contributed by atoms with Crippen molar-refractivity contribution in [3.8, 4) is 5.75 Å². The quantitative estimate of drug-likeness (QED) is 0.519. The van der Waals surface area contributed by atoms with Crippen molar-refractivity contribution in [3.63, 3.8) is 0 Å². The molecule has 1 aliphatic heterocycles. The van der Waals surface area contributed by atoms with E-state index in [1.54, 1.807) is 0 Å². The molecule has 22 heavy (non-hydrogen) atoms. The summed E-state index contributed by atoms with van der Waals surface area (Å²) in [4.78, 5) is 14.4. The zero-order chi connectivity index (χ0) is 15.6. The summed E-state index contributed by atoms with van der Waals surface area (Å²) in [5, 5.41) is 0. The smallest absolute Gasteiger partial charge is 0.163 e. The van der Waals surface area contributed by atoms with Gasteiger partial charge in [0, 0.05) is 31.6 Å². The summed E-state index contributed by atoms with van der Waals surface area (Å²) >= 11 is 0. The number of ketones is 1. The normalized spacial score (nSPS) is 15.7. The van der Waals surface area contributed by atoms with Crippen molar-refractivity contribution in [2.45, 2.75) is 32.6 Å². The predicted octanol–water partition coefficient (Wildman–Crippen LogP) is 3.16. The highest BCUT2D eigenvalue weighted by atomic mass is 16.5. The molecule has 1 aliphatic rings. The van der Waals surface area contributed by atoms with E-state index in [1.165, 1.54) is 0 Å². The number of Topliss-reactive ketones (excluding diaryl/α,β-unsaturated/α-hetero) is 1. The molecule has 0 saturated carbocycles. The number of carbonyl (C=O) groups is 1. The lowest BCUT2D eigenvalue weighted by Crippen LogP contribution is -2.37. The minimum Gasteiger partial charge on any atom is -0.494 e. The van der Waals surface area contributed by atoms with Crippen LogP contribution in [-0.2, 0) is 4.74 Å². The van der Waals surface area contributed by atoms with E-state index in [-0.39, 0.29) is 5.78 Å². The fourth-order valence-electron chi connectivity index (χ4n) is 2.54. The molecule has 0 bridgehead atoms. The summed E-state index contributed by atoms with van der Waals surface area (Å²) in [6.07, 6.45) is 3.61. The van der Waals surface area contributed by atoms with Crippen LogP contribution in [-0.4, -0.2) is 50.1 Å². The van der Waals surface area contributed by atoms with Crippen LogP contribution in [0.4, 0.5) is 0 Å². The third-order valence-electron chi connectivity index (χ3n) is 3.90. The van der Waals surface area contributed by atoms with Crippen LogP contribution < -0.4 is 4.74 Å². The molecule has 122 valence electrons. The highest BCUT2D eigenvalue weighted by molar-refractivity contribution is 5.96. The van der Waals surface area contributed by atoms with Crippen molar-refractivity contribution in [1.29, 1.82) is 0 Å². The van der Waals surface area contributed by atoms with Gasteiger partial charge in [0.05, 0.1) is 19.8 Å². The Kier molecular flexibility index (Phi) is 7.40. The van der Waals surface area contributed by atoms with E-state index in [1.807, 2.05) is 24.3 Å². The number of hydrogen-bond acceptors (Lipinski definition) is 4. The van der Waals surface area contributed by atoms with Gasteiger partial charge in [0.15, 0.2) is 5.78 Å². The SMILES string of the molecule is CCCCC(=O)c1cccc(OCCCN2CCOCC2)c1. The maximum absolute atomic E-state index is 12.0. The van der Waals surface area contributed by atoms with E-state index in [2.05, 4.69) is 11.8 Å². The van der Waals surface area contributed by atoms with Gasteiger partial charge in [-0.05, 0) is 25.0 Å². The van der Waals surface area contributed by atoms with Crippen molar-refractivity contribution in [1.82, 2.24) is 4.90 Å². The van der Waals surface area contributed by atoms with E-state index >= 15 is 0 Å². The summed E-state index contributed by atoms with van der Waals surface area (Å²) in [5.41, 5.74) is 0.763. The predicted molar refractivity (Wildman–Crippen MR) is 87.7 cm³/mol. The molecule has 0 radical (unpaired) electrons. The first-order valence-corrected chi connectivity index (χ1v) is 8.35. The second-order valence-corrected chi connectivity index (χ2v) is 5.71. The van der Waals surface area contributed by atoms with Crippen molar-refractivity contribution in [2.24, 2.45) is 0 Å². The van der Waals surface area contributed by atoms with Gasteiger partial charge in [0.25, 0.3) is 0 Å². The van der Waals surface area contributed by atoms with Gasteiger partial charge in [-0.25, -0.2) is 0 Å². The Morgan fingerprint density at radius 3 is 2.86 bits per heavy atom. The maximum atomic E-state index is 12.0. The average Bonchev–Trinajstić information content (AvgIpc) is 2.58. The molecule has 0 unspecified atom stereocenters. The van der Waals surface area contributed by atoms with Gasteiger partial charge in [-0.1, -0.05) is 25.5 Å². The molecular formula is C18H27NO3. The first kappa shape index (κ1) is 17.0. The minimum absolute atomic E-state index is 0.209. The zero-order valence-corrected chi connectivity index (χ0v) is 13.6. The largest absolute Gasteiger partial charge is 0.494 e. The lowest BCUT2D eigenvalue weighted by Gasteiger charge is -2.26. The van der Waals surface area contributed by atoms with Gasteiger partial charge in [0.1, 0.15) is 5.75 Å². The number of morpholine rings is 1. The summed E-state index contributed by atoms with van der Waals surface area (Å²) < 4.78 is 11.1. The van der Waals surface area contributed by atoms with Crippen LogP contribution in [0.5, 0.6) is 5.75 Å². The van der Waals surface area contributed by atoms with Crippen molar-refractivity contribution in [2.75, 3.05) is 39.5 Å². The van der Waals surface area contributed by atoms with Gasteiger partial charge in [0.2, 0.25) is 0 Å². The number of rotatable bonds is 9. The lowest BCUT2D eigenvalue weighted by molar-refractivity contribution is 0.0358. The number of carbonyl (C=O) groups excluding carboxylic acids is 1. The molecule has 1 heterocycles. The van der Waals surface area contributed by atoms with Crippen LogP contribution in [0.15, 0.2) is 24.3 Å². The Labute approximate surface area is 133 Å². The molecule has 1 aromatic rings. The van der Waals surface area contributed by atoms with Crippen LogP contribution in [0.2, 0.25) is 0 Å². The van der Waals surface area contributed by atoms with E-state index in [0.29, 0.717) is 13.0 Å². The molecule has 1 fully saturated rings. The van der Waals surface area contributed by atoms with E-state index in [0.717, 1.165) is 63.4 Å². The van der Waals surface area contributed by atoms with Gasteiger partial charge >= 0.3 is 0 Å². The summed E-state index contributed by atoms with van der Waals surface area (Å²) in [6, 6.07) is 7.56. The average molecular weight is 305 g/mol. The Bertz CT molecular complexity index is 455. The molecule has 0 spiro atoms. The monoisotopic (exact) mass is 305 g/mol. The highest BCUT2D eigenvalue weighted by Gasteiger charge is 2.10. The van der Waals surface area contributed by atoms with Crippen LogP contribution >= 0.6 is 0 Å². The number of unbranched alkanes of at least 4 members (excludes halogenated alkanes) is 1. The van der Waals surface area contributed by atoms with Crippen molar-refractivity contribution in [3.05, 3.63) is 29.8 Å². The second kappa shape index (κ2) is 9.59. The van der Waals surface area contributed by atoms with Crippen molar-refractivity contribution >= 4 is 5.78 Å². The van der Waals surface area contributed by atoms with Crippen LogP contribution in [0.3, 0.4) is 0 Å². The summed E-state index contributed by atoms with van der Waals surface area (Å²) in [7, 11) is 0. The first-order chi connectivity index (χ1) is 10.8. The standard InChI is InChI=1S/C18H27NO3/c1-2-3-8-18(20)16-6-4-7-17(15-16)22-12-5-9-19-10-13-21-14-11-19/h4,6-7,15H,2-3,5,8-14H2,1H3. The lowest BCUT2D eigenvalue weighted by atomic mass is 10.1. The van der Waals surface area contributed by atoms with Crippen LogP contribution in [0.1, 0.15) is 43.0 Å². The molecule has 1 aromatic carbocycles. The molecule has 0 amide bonds.